The molecule has 2 heterocycles. The van der Waals surface area contributed by atoms with Gasteiger partial charge in [0.2, 0.25) is 0 Å². The zero-order chi connectivity index (χ0) is 9.59. The molecule has 0 N–H and O–H groups in total. The van der Waals surface area contributed by atoms with Crippen LogP contribution in [0.5, 0.6) is 0 Å². The molecular formula is C11H14N2. The van der Waals surface area contributed by atoms with Gasteiger partial charge in [-0.15, -0.1) is 0 Å². The summed E-state index contributed by atoms with van der Waals surface area (Å²) in [7, 11) is 2.10. The molecule has 0 spiro atoms. The Bertz CT molecular complexity index is 466. The Morgan fingerprint density at radius 2 is 1.92 bits per heavy atom. The number of fused-ring (bicyclic) bond motifs is 1. The van der Waals surface area contributed by atoms with Crippen LogP contribution in [0.25, 0.3) is 10.9 Å². The Balaban J connectivity index is 3.03. The summed E-state index contributed by atoms with van der Waals surface area (Å²) in [6, 6.07) is 2.09. The minimum absolute atomic E-state index is 1.11. The minimum atomic E-state index is 1.11. The quantitative estimate of drug-likeness (QED) is 0.600. The van der Waals surface area contributed by atoms with Gasteiger partial charge in [0.15, 0.2) is 0 Å². The molecule has 0 amide bonds. The summed E-state index contributed by atoms with van der Waals surface area (Å²) >= 11 is 0. The zero-order valence-corrected chi connectivity index (χ0v) is 8.55. The van der Waals surface area contributed by atoms with Crippen LogP contribution in [0.2, 0.25) is 0 Å². The molecule has 0 saturated carbocycles. The largest absolute Gasteiger partial charge is 0.346 e. The van der Waals surface area contributed by atoms with E-state index in [1.807, 2.05) is 6.20 Å². The van der Waals surface area contributed by atoms with Gasteiger partial charge in [0.05, 0.1) is 11.2 Å². The second-order valence-corrected chi connectivity index (χ2v) is 3.56. The predicted molar refractivity (Wildman–Crippen MR) is 54.9 cm³/mol. The first-order chi connectivity index (χ1) is 6.13. The molecule has 68 valence electrons. The molecule has 0 unspecified atom stereocenters. The molecule has 2 aromatic rings. The normalized spacial score (nSPS) is 11.1. The van der Waals surface area contributed by atoms with Crippen LogP contribution in [0.3, 0.4) is 0 Å². The molecule has 13 heavy (non-hydrogen) atoms. The molecule has 0 aromatic carbocycles. The van der Waals surface area contributed by atoms with E-state index >= 15 is 0 Å². The van der Waals surface area contributed by atoms with Crippen molar-refractivity contribution in [1.82, 2.24) is 9.55 Å². The highest BCUT2D eigenvalue weighted by Crippen LogP contribution is 2.24. The second-order valence-electron chi connectivity index (χ2n) is 3.56. The second kappa shape index (κ2) is 2.59. The highest BCUT2D eigenvalue weighted by Gasteiger charge is 2.09. The van der Waals surface area contributed by atoms with Gasteiger partial charge >= 0.3 is 0 Å². The summed E-state index contributed by atoms with van der Waals surface area (Å²) in [5, 5.41) is 1.33. The van der Waals surface area contributed by atoms with Crippen LogP contribution >= 0.6 is 0 Å². The molecule has 0 aliphatic rings. The number of pyridine rings is 1. The van der Waals surface area contributed by atoms with Gasteiger partial charge in [-0.2, -0.15) is 0 Å². The smallest absolute Gasteiger partial charge is 0.0698 e. The third kappa shape index (κ3) is 0.981. The molecule has 0 aliphatic heterocycles. The maximum atomic E-state index is 4.30. The van der Waals surface area contributed by atoms with E-state index < -0.39 is 0 Å². The number of aryl methyl sites for hydroxylation is 3. The Labute approximate surface area is 78.2 Å². The Morgan fingerprint density at radius 1 is 1.23 bits per heavy atom. The van der Waals surface area contributed by atoms with E-state index in [1.54, 1.807) is 0 Å². The lowest BCUT2D eigenvalue weighted by atomic mass is 10.2. The first-order valence-electron chi connectivity index (χ1n) is 4.50. The van der Waals surface area contributed by atoms with Gasteiger partial charge in [-0.3, -0.25) is 4.98 Å². The molecule has 2 aromatic heterocycles. The van der Waals surface area contributed by atoms with Gasteiger partial charge in [-0.1, -0.05) is 0 Å². The molecule has 0 fully saturated rings. The molecule has 2 nitrogen and oxygen atoms in total. The van der Waals surface area contributed by atoms with Crippen molar-refractivity contribution in [2.24, 2.45) is 7.05 Å². The SMILES string of the molecule is Cc1c(C)n(C)c2c(C)nccc12. The molecule has 0 bridgehead atoms. The van der Waals surface area contributed by atoms with Gasteiger partial charge in [-0.25, -0.2) is 0 Å². The summed E-state index contributed by atoms with van der Waals surface area (Å²) < 4.78 is 2.22. The van der Waals surface area contributed by atoms with Crippen LogP contribution in [0, 0.1) is 20.8 Å². The monoisotopic (exact) mass is 174 g/mol. The Hall–Kier alpha value is -1.31. The summed E-state index contributed by atoms with van der Waals surface area (Å²) in [5.74, 6) is 0. The number of rotatable bonds is 0. The van der Waals surface area contributed by atoms with Crippen molar-refractivity contribution < 1.29 is 0 Å². The van der Waals surface area contributed by atoms with E-state index in [4.69, 9.17) is 0 Å². The third-order valence-electron chi connectivity index (χ3n) is 2.89. The van der Waals surface area contributed by atoms with Gasteiger partial charge in [-0.05, 0) is 32.4 Å². The average Bonchev–Trinajstić information content (AvgIpc) is 2.33. The lowest BCUT2D eigenvalue weighted by Gasteiger charge is -2.00. The van der Waals surface area contributed by atoms with Crippen LogP contribution < -0.4 is 0 Å². The standard InChI is InChI=1S/C11H14N2/c1-7-9(3)13(4)11-8(2)12-6-5-10(7)11/h5-6H,1-4H3. The van der Waals surface area contributed by atoms with Gasteiger partial charge in [0, 0.05) is 24.3 Å². The van der Waals surface area contributed by atoms with Crippen molar-refractivity contribution in [1.29, 1.82) is 0 Å². The summed E-state index contributed by atoms with van der Waals surface area (Å²) in [6.45, 7) is 6.37. The van der Waals surface area contributed by atoms with Crippen LogP contribution in [-0.4, -0.2) is 9.55 Å². The fourth-order valence-electron chi connectivity index (χ4n) is 1.90. The van der Waals surface area contributed by atoms with Crippen molar-refractivity contribution in [2.75, 3.05) is 0 Å². The molecule has 2 heteroatoms. The predicted octanol–water partition coefficient (Wildman–Crippen LogP) is 2.50. The molecular weight excluding hydrogens is 160 g/mol. The minimum Gasteiger partial charge on any atom is -0.346 e. The topological polar surface area (TPSA) is 17.8 Å². The lowest BCUT2D eigenvalue weighted by molar-refractivity contribution is 0.902. The van der Waals surface area contributed by atoms with Crippen molar-refractivity contribution in [3.63, 3.8) is 0 Å². The fourth-order valence-corrected chi connectivity index (χ4v) is 1.90. The van der Waals surface area contributed by atoms with E-state index in [1.165, 1.54) is 22.2 Å². The highest BCUT2D eigenvalue weighted by atomic mass is 15.0. The molecule has 0 aliphatic carbocycles. The van der Waals surface area contributed by atoms with Gasteiger partial charge in [0.25, 0.3) is 0 Å². The van der Waals surface area contributed by atoms with E-state index in [-0.39, 0.29) is 0 Å². The summed E-state index contributed by atoms with van der Waals surface area (Å²) in [4.78, 5) is 4.30. The van der Waals surface area contributed by atoms with E-state index in [2.05, 4.69) is 43.4 Å². The summed E-state index contributed by atoms with van der Waals surface area (Å²) in [6.07, 6.45) is 1.88. The number of hydrogen-bond acceptors (Lipinski definition) is 1. The molecule has 0 saturated heterocycles. The van der Waals surface area contributed by atoms with Crippen molar-refractivity contribution in [2.45, 2.75) is 20.8 Å². The third-order valence-corrected chi connectivity index (χ3v) is 2.89. The maximum Gasteiger partial charge on any atom is 0.0698 e. The number of aromatic nitrogens is 2. The first-order valence-corrected chi connectivity index (χ1v) is 4.50. The van der Waals surface area contributed by atoms with Gasteiger partial charge < -0.3 is 4.57 Å². The average molecular weight is 174 g/mol. The van der Waals surface area contributed by atoms with Gasteiger partial charge in [0.1, 0.15) is 0 Å². The van der Waals surface area contributed by atoms with Crippen LogP contribution in [0.1, 0.15) is 17.0 Å². The first kappa shape index (κ1) is 8.30. The number of hydrogen-bond donors (Lipinski definition) is 0. The van der Waals surface area contributed by atoms with Crippen LogP contribution in [0.15, 0.2) is 12.3 Å². The Morgan fingerprint density at radius 3 is 2.54 bits per heavy atom. The number of nitrogens with zero attached hydrogens (tertiary/aromatic N) is 2. The molecule has 0 radical (unpaired) electrons. The molecule has 0 atom stereocenters. The van der Waals surface area contributed by atoms with E-state index in [9.17, 15) is 0 Å². The van der Waals surface area contributed by atoms with Crippen molar-refractivity contribution in [3.8, 4) is 0 Å². The van der Waals surface area contributed by atoms with Crippen LogP contribution in [-0.2, 0) is 7.05 Å². The van der Waals surface area contributed by atoms with E-state index in [0.29, 0.717) is 0 Å². The highest BCUT2D eigenvalue weighted by molar-refractivity contribution is 5.86. The van der Waals surface area contributed by atoms with Crippen LogP contribution in [0.4, 0.5) is 0 Å². The summed E-state index contributed by atoms with van der Waals surface area (Å²) in [5.41, 5.74) is 5.06. The van der Waals surface area contributed by atoms with E-state index in [0.717, 1.165) is 5.69 Å². The molecule has 2 rings (SSSR count). The maximum absolute atomic E-state index is 4.30. The zero-order valence-electron chi connectivity index (χ0n) is 8.55. The van der Waals surface area contributed by atoms with Crippen molar-refractivity contribution >= 4 is 10.9 Å². The Kier molecular flexibility index (Phi) is 1.65. The van der Waals surface area contributed by atoms with Crippen molar-refractivity contribution in [3.05, 3.63) is 29.2 Å². The fraction of sp³-hybridized carbons (Fsp3) is 0.364. The lowest BCUT2D eigenvalue weighted by Crippen LogP contribution is -1.93.